The van der Waals surface area contributed by atoms with Crippen molar-refractivity contribution in [1.82, 2.24) is 4.98 Å². The molecule has 0 unspecified atom stereocenters. The molecule has 2 rings (SSSR count). The number of hydrogen-bond acceptors (Lipinski definition) is 1. The van der Waals surface area contributed by atoms with Gasteiger partial charge < -0.3 is 0 Å². The monoisotopic (exact) mass is 281 g/mol. The predicted molar refractivity (Wildman–Crippen MR) is 67.3 cm³/mol. The van der Waals surface area contributed by atoms with Crippen molar-refractivity contribution >= 4 is 27.5 Å². The van der Waals surface area contributed by atoms with Crippen molar-refractivity contribution in [1.29, 1.82) is 0 Å². The maximum absolute atomic E-state index is 6.25. The molecule has 1 aromatic heterocycles. The maximum Gasteiger partial charge on any atom is 0.0708 e. The Balaban J connectivity index is 2.54. The molecule has 0 saturated carbocycles. The highest BCUT2D eigenvalue weighted by atomic mass is 79.9. The Bertz CT molecular complexity index is 456. The summed E-state index contributed by atoms with van der Waals surface area (Å²) in [5.74, 6) is 0. The molecule has 0 radical (unpaired) electrons. The van der Waals surface area contributed by atoms with Crippen LogP contribution in [0.5, 0.6) is 0 Å². The fraction of sp³-hybridized carbons (Fsp3) is 0.0833. The van der Waals surface area contributed by atoms with Gasteiger partial charge in [-0.05, 0) is 11.6 Å². The third-order valence-electron chi connectivity index (χ3n) is 2.17. The molecule has 0 atom stereocenters. The van der Waals surface area contributed by atoms with Gasteiger partial charge in [-0.2, -0.15) is 0 Å². The summed E-state index contributed by atoms with van der Waals surface area (Å²) in [7, 11) is 0. The van der Waals surface area contributed by atoms with Crippen LogP contribution in [0.4, 0.5) is 0 Å². The first-order chi connectivity index (χ1) is 7.33. The summed E-state index contributed by atoms with van der Waals surface area (Å²) in [5.41, 5.74) is 3.02. The molecule has 0 aliphatic rings. The third-order valence-corrected chi connectivity index (χ3v) is 3.13. The van der Waals surface area contributed by atoms with E-state index >= 15 is 0 Å². The van der Waals surface area contributed by atoms with Gasteiger partial charge in [-0.15, -0.1) is 0 Å². The number of benzene rings is 1. The van der Waals surface area contributed by atoms with Crippen molar-refractivity contribution in [3.63, 3.8) is 0 Å². The number of nitrogens with zero attached hydrogens (tertiary/aromatic N) is 1. The highest BCUT2D eigenvalue weighted by Gasteiger charge is 2.07. The summed E-state index contributed by atoms with van der Waals surface area (Å²) in [6, 6.07) is 12.0. The van der Waals surface area contributed by atoms with Gasteiger partial charge in [-0.3, -0.25) is 4.98 Å². The second-order valence-corrected chi connectivity index (χ2v) is 4.06. The number of aromatic nitrogens is 1. The quantitative estimate of drug-likeness (QED) is 0.749. The van der Waals surface area contributed by atoms with Crippen LogP contribution in [0.1, 0.15) is 5.69 Å². The molecule has 76 valence electrons. The lowest BCUT2D eigenvalue weighted by Crippen LogP contribution is -1.89. The number of pyridine rings is 1. The molecule has 0 spiro atoms. The summed E-state index contributed by atoms with van der Waals surface area (Å²) < 4.78 is 0. The minimum atomic E-state index is 0.673. The van der Waals surface area contributed by atoms with Crippen LogP contribution >= 0.6 is 27.5 Å². The van der Waals surface area contributed by atoms with Crippen molar-refractivity contribution in [2.75, 3.05) is 0 Å². The normalized spacial score (nSPS) is 10.3. The van der Waals surface area contributed by atoms with Gasteiger partial charge in [0.05, 0.1) is 10.7 Å². The molecule has 0 amide bonds. The molecule has 0 bridgehead atoms. The van der Waals surface area contributed by atoms with Crippen LogP contribution in [-0.2, 0) is 5.33 Å². The molecule has 0 N–H and O–H groups in total. The Morgan fingerprint density at radius 2 is 1.87 bits per heavy atom. The fourth-order valence-corrected chi connectivity index (χ4v) is 2.30. The largest absolute Gasteiger partial charge is 0.259 e. The summed E-state index contributed by atoms with van der Waals surface area (Å²) in [6.07, 6.45) is 1.78. The van der Waals surface area contributed by atoms with E-state index in [0.29, 0.717) is 5.33 Å². The first kappa shape index (κ1) is 10.7. The molecule has 1 aromatic carbocycles. The van der Waals surface area contributed by atoms with Gasteiger partial charge in [0, 0.05) is 17.1 Å². The Kier molecular flexibility index (Phi) is 3.39. The summed E-state index contributed by atoms with van der Waals surface area (Å²) in [6.45, 7) is 0. The average Bonchev–Trinajstić information content (AvgIpc) is 2.30. The lowest BCUT2D eigenvalue weighted by atomic mass is 10.1. The van der Waals surface area contributed by atoms with Crippen LogP contribution in [0.2, 0.25) is 5.02 Å². The predicted octanol–water partition coefficient (Wildman–Crippen LogP) is 4.30. The molecule has 1 heterocycles. The van der Waals surface area contributed by atoms with Gasteiger partial charge in [0.25, 0.3) is 0 Å². The first-order valence-electron chi connectivity index (χ1n) is 4.57. The van der Waals surface area contributed by atoms with Crippen LogP contribution in [-0.4, -0.2) is 4.98 Å². The van der Waals surface area contributed by atoms with Crippen LogP contribution in [0.25, 0.3) is 11.1 Å². The van der Waals surface area contributed by atoms with E-state index < -0.39 is 0 Å². The fourth-order valence-electron chi connectivity index (χ4n) is 1.42. The van der Waals surface area contributed by atoms with Gasteiger partial charge >= 0.3 is 0 Å². The van der Waals surface area contributed by atoms with E-state index in [1.165, 1.54) is 0 Å². The number of alkyl halides is 1. The number of hydrogen-bond donors (Lipinski definition) is 0. The summed E-state index contributed by atoms with van der Waals surface area (Å²) >= 11 is 9.62. The average molecular weight is 283 g/mol. The summed E-state index contributed by atoms with van der Waals surface area (Å²) in [5, 5.41) is 1.40. The first-order valence-corrected chi connectivity index (χ1v) is 6.07. The van der Waals surface area contributed by atoms with E-state index in [-0.39, 0.29) is 0 Å². The smallest absolute Gasteiger partial charge is 0.0708 e. The van der Waals surface area contributed by atoms with Gasteiger partial charge in [0.1, 0.15) is 0 Å². The molecule has 0 aliphatic carbocycles. The molecule has 0 aliphatic heterocycles. The lowest BCUT2D eigenvalue weighted by molar-refractivity contribution is 1.19. The Morgan fingerprint density at radius 1 is 1.13 bits per heavy atom. The zero-order valence-corrected chi connectivity index (χ0v) is 10.3. The van der Waals surface area contributed by atoms with E-state index in [9.17, 15) is 0 Å². The van der Waals surface area contributed by atoms with Gasteiger partial charge in [0.15, 0.2) is 0 Å². The zero-order valence-electron chi connectivity index (χ0n) is 7.95. The van der Waals surface area contributed by atoms with Crippen LogP contribution in [0, 0.1) is 0 Å². The van der Waals surface area contributed by atoms with Crippen LogP contribution < -0.4 is 0 Å². The van der Waals surface area contributed by atoms with Crippen molar-refractivity contribution in [2.45, 2.75) is 5.33 Å². The molecule has 1 nitrogen and oxygen atoms in total. The molecule has 0 fully saturated rings. The minimum absolute atomic E-state index is 0.673. The van der Waals surface area contributed by atoms with Crippen LogP contribution in [0.15, 0.2) is 42.6 Å². The molecule has 0 saturated heterocycles. The van der Waals surface area contributed by atoms with Crippen molar-refractivity contribution < 1.29 is 0 Å². The van der Waals surface area contributed by atoms with E-state index in [0.717, 1.165) is 21.8 Å². The second kappa shape index (κ2) is 4.77. The minimum Gasteiger partial charge on any atom is -0.259 e. The summed E-state index contributed by atoms with van der Waals surface area (Å²) in [4.78, 5) is 4.20. The second-order valence-electron chi connectivity index (χ2n) is 3.12. The SMILES string of the molecule is Clc1c(-c2ccccc2)ccnc1CBr. The van der Waals surface area contributed by atoms with E-state index in [4.69, 9.17) is 11.6 Å². The van der Waals surface area contributed by atoms with Gasteiger partial charge in [0.2, 0.25) is 0 Å². The highest BCUT2D eigenvalue weighted by Crippen LogP contribution is 2.30. The Hall–Kier alpha value is -0.860. The molecule has 2 aromatic rings. The zero-order chi connectivity index (χ0) is 10.7. The standard InChI is InChI=1S/C12H9BrClN/c13-8-11-12(14)10(6-7-15-11)9-4-2-1-3-5-9/h1-7H,8H2. The Labute approximate surface area is 102 Å². The molecule has 15 heavy (non-hydrogen) atoms. The van der Waals surface area contributed by atoms with E-state index in [1.54, 1.807) is 6.20 Å². The van der Waals surface area contributed by atoms with E-state index in [1.807, 2.05) is 36.4 Å². The maximum atomic E-state index is 6.25. The Morgan fingerprint density at radius 3 is 2.53 bits per heavy atom. The molecular formula is C12H9BrClN. The van der Waals surface area contributed by atoms with E-state index in [2.05, 4.69) is 20.9 Å². The van der Waals surface area contributed by atoms with Crippen molar-refractivity contribution in [3.05, 3.63) is 53.3 Å². The van der Waals surface area contributed by atoms with Crippen molar-refractivity contribution in [2.24, 2.45) is 0 Å². The number of halogens is 2. The number of rotatable bonds is 2. The van der Waals surface area contributed by atoms with Gasteiger partial charge in [-0.1, -0.05) is 57.9 Å². The van der Waals surface area contributed by atoms with Crippen LogP contribution in [0.3, 0.4) is 0 Å². The van der Waals surface area contributed by atoms with Crippen molar-refractivity contribution in [3.8, 4) is 11.1 Å². The molecular weight excluding hydrogens is 273 g/mol. The van der Waals surface area contributed by atoms with Gasteiger partial charge in [-0.25, -0.2) is 0 Å². The lowest BCUT2D eigenvalue weighted by Gasteiger charge is -2.06. The topological polar surface area (TPSA) is 12.9 Å². The highest BCUT2D eigenvalue weighted by molar-refractivity contribution is 9.08. The third kappa shape index (κ3) is 2.21. The molecule has 3 heteroatoms.